The van der Waals surface area contributed by atoms with Gasteiger partial charge in [-0.2, -0.15) is 8.78 Å². The lowest BCUT2D eigenvalue weighted by Crippen LogP contribution is -2.65. The highest BCUT2D eigenvalue weighted by Crippen LogP contribution is 2.62. The summed E-state index contributed by atoms with van der Waals surface area (Å²) in [6.45, 7) is 2.97. The first-order valence-electron chi connectivity index (χ1n) is 20.2. The summed E-state index contributed by atoms with van der Waals surface area (Å²) in [6, 6.07) is 0. The Kier molecular flexibility index (Phi) is 8.08. The van der Waals surface area contributed by atoms with Crippen LogP contribution in [0, 0.1) is 63.6 Å². The van der Waals surface area contributed by atoms with Crippen LogP contribution in [0.15, 0.2) is 0 Å². The van der Waals surface area contributed by atoms with Crippen molar-refractivity contribution in [1.82, 2.24) is 0 Å². The molecule has 11 rings (SSSR count). The van der Waals surface area contributed by atoms with E-state index in [1.165, 1.54) is 0 Å². The lowest BCUT2D eigenvalue weighted by Gasteiger charge is -2.59. The van der Waals surface area contributed by atoms with Crippen molar-refractivity contribution in [2.24, 2.45) is 63.6 Å². The van der Waals surface area contributed by atoms with Gasteiger partial charge in [0.2, 0.25) is 0 Å². The fourth-order valence-electron chi connectivity index (χ4n) is 13.9. The Hall–Kier alpha value is -2.27. The predicted octanol–water partition coefficient (Wildman–Crippen LogP) is 6.57. The Morgan fingerprint density at radius 1 is 0.808 bits per heavy atom. The third-order valence-corrected chi connectivity index (χ3v) is 16.0. The van der Waals surface area contributed by atoms with Gasteiger partial charge in [0.25, 0.3) is 0 Å². The molecule has 1 aliphatic heterocycles. The fourth-order valence-corrected chi connectivity index (χ4v) is 13.9. The van der Waals surface area contributed by atoms with Crippen LogP contribution in [-0.4, -0.2) is 66.4 Å². The van der Waals surface area contributed by atoms with E-state index in [2.05, 4.69) is 0 Å². The lowest BCUT2D eigenvalue weighted by atomic mass is 9.47. The first-order valence-corrected chi connectivity index (χ1v) is 20.2. The zero-order valence-corrected chi connectivity index (χ0v) is 30.7. The third-order valence-electron chi connectivity index (χ3n) is 16.0. The van der Waals surface area contributed by atoms with Crippen LogP contribution in [0.1, 0.15) is 123 Å². The van der Waals surface area contributed by atoms with Crippen LogP contribution >= 0.6 is 0 Å². The van der Waals surface area contributed by atoms with Gasteiger partial charge in [-0.15, -0.1) is 0 Å². The molecule has 0 aromatic rings. The molecule has 0 aromatic carbocycles. The molecule has 1 spiro atoms. The Labute approximate surface area is 304 Å². The molecule has 0 amide bonds. The standard InChI is InChI=1S/C41H54F2O9/c1-23-12-40(52-34(47)36(2,42)43)6-3-4-30(19-40)41(23)50-21-37(22-51-41,7-5-31(44)38-13-24-8-26(15-38)32(45)27(9-24)16-38)20-49-35(48)39-14-25-10-28(17-39)33(46)29(11-25)18-39/h23-30H,3-22H2,1-2H3. The van der Waals surface area contributed by atoms with Crippen LogP contribution in [0.5, 0.6) is 0 Å². The van der Waals surface area contributed by atoms with Crippen molar-refractivity contribution in [1.29, 1.82) is 0 Å². The fraction of sp³-hybridized carbons (Fsp3) is 0.878. The SMILES string of the molecule is CC1CC2(OC(=O)C(C)(F)F)CCCC(C2)C12OCC(CCC(=O)C13CC4CC(C1)C(=O)C(C4)C3)(COC(=O)C13CC4CC(C1)C(=O)C(C4)C3)CO2. The van der Waals surface area contributed by atoms with Crippen molar-refractivity contribution in [3.63, 3.8) is 0 Å². The van der Waals surface area contributed by atoms with Gasteiger partial charge in [0.1, 0.15) is 29.6 Å². The van der Waals surface area contributed by atoms with Crippen LogP contribution in [0.25, 0.3) is 0 Å². The minimum Gasteiger partial charge on any atom is -0.464 e. The van der Waals surface area contributed by atoms with E-state index in [9.17, 15) is 32.8 Å². The number of alkyl halides is 2. The minimum absolute atomic E-state index is 0.00304. The second-order valence-corrected chi connectivity index (χ2v) is 19.7. The van der Waals surface area contributed by atoms with Crippen molar-refractivity contribution in [2.75, 3.05) is 19.8 Å². The molecule has 286 valence electrons. The second kappa shape index (κ2) is 11.9. The maximum Gasteiger partial charge on any atom is 0.377 e. The van der Waals surface area contributed by atoms with E-state index in [-0.39, 0.29) is 73.5 Å². The number of ketones is 3. The highest BCUT2D eigenvalue weighted by atomic mass is 19.3. The molecule has 1 saturated heterocycles. The summed E-state index contributed by atoms with van der Waals surface area (Å²) in [7, 11) is 0. The first-order chi connectivity index (χ1) is 24.6. The van der Waals surface area contributed by atoms with Gasteiger partial charge in [-0.3, -0.25) is 19.2 Å². The summed E-state index contributed by atoms with van der Waals surface area (Å²) in [5.74, 6) is -5.24. The van der Waals surface area contributed by atoms with Gasteiger partial charge in [0.15, 0.2) is 5.79 Å². The summed E-state index contributed by atoms with van der Waals surface area (Å²) in [5.41, 5.74) is -2.87. The molecule has 10 bridgehead atoms. The number of hydrogen-bond acceptors (Lipinski definition) is 9. The number of halogens is 2. The summed E-state index contributed by atoms with van der Waals surface area (Å²) in [6.07, 6.45) is 10.9. The average molecular weight is 729 g/mol. The number of rotatable bonds is 9. The van der Waals surface area contributed by atoms with Gasteiger partial charge in [0, 0.05) is 54.3 Å². The van der Waals surface area contributed by atoms with Crippen LogP contribution in [0.2, 0.25) is 0 Å². The third kappa shape index (κ3) is 5.49. The molecule has 11 fully saturated rings. The number of esters is 2. The summed E-state index contributed by atoms with van der Waals surface area (Å²) >= 11 is 0. The molecule has 10 aliphatic carbocycles. The molecule has 0 radical (unpaired) electrons. The first kappa shape index (κ1) is 35.4. The van der Waals surface area contributed by atoms with Gasteiger partial charge >= 0.3 is 17.9 Å². The smallest absolute Gasteiger partial charge is 0.377 e. The number of ether oxygens (including phenoxy) is 4. The number of fused-ring (bicyclic) bond motifs is 3. The molecule has 0 N–H and O–H groups in total. The van der Waals surface area contributed by atoms with E-state index < -0.39 is 39.5 Å². The highest BCUT2D eigenvalue weighted by Gasteiger charge is 2.64. The van der Waals surface area contributed by atoms with Crippen molar-refractivity contribution >= 4 is 29.3 Å². The van der Waals surface area contributed by atoms with Crippen molar-refractivity contribution in [3.05, 3.63) is 0 Å². The predicted molar refractivity (Wildman–Crippen MR) is 179 cm³/mol. The van der Waals surface area contributed by atoms with Gasteiger partial charge < -0.3 is 18.9 Å². The Balaban J connectivity index is 0.929. The second-order valence-electron chi connectivity index (χ2n) is 19.7. The molecule has 0 aromatic heterocycles. The number of hydrogen-bond donors (Lipinski definition) is 0. The topological polar surface area (TPSA) is 122 Å². The van der Waals surface area contributed by atoms with E-state index >= 15 is 0 Å². The molecule has 11 heteroatoms. The zero-order valence-electron chi connectivity index (χ0n) is 30.7. The molecule has 1 heterocycles. The van der Waals surface area contributed by atoms with Crippen LogP contribution in [0.3, 0.4) is 0 Å². The summed E-state index contributed by atoms with van der Waals surface area (Å²) in [4.78, 5) is 66.4. The lowest BCUT2D eigenvalue weighted by molar-refractivity contribution is -0.376. The quantitative estimate of drug-likeness (QED) is 0.243. The van der Waals surface area contributed by atoms with E-state index in [1.54, 1.807) is 0 Å². The van der Waals surface area contributed by atoms with E-state index in [1.807, 2.05) is 6.92 Å². The van der Waals surface area contributed by atoms with Crippen molar-refractivity contribution < 1.29 is 51.7 Å². The molecular formula is C41H54F2O9. The van der Waals surface area contributed by atoms with E-state index in [0.29, 0.717) is 88.1 Å². The van der Waals surface area contributed by atoms with E-state index in [0.717, 1.165) is 44.9 Å². The normalized spacial score (nSPS) is 48.6. The Morgan fingerprint density at radius 3 is 1.94 bits per heavy atom. The van der Waals surface area contributed by atoms with Crippen LogP contribution < -0.4 is 0 Å². The van der Waals surface area contributed by atoms with E-state index in [4.69, 9.17) is 18.9 Å². The largest absolute Gasteiger partial charge is 0.464 e. The monoisotopic (exact) mass is 728 g/mol. The molecule has 52 heavy (non-hydrogen) atoms. The van der Waals surface area contributed by atoms with Gasteiger partial charge in [-0.25, -0.2) is 4.79 Å². The maximum atomic E-state index is 14.2. The Morgan fingerprint density at radius 2 is 1.37 bits per heavy atom. The van der Waals surface area contributed by atoms with Gasteiger partial charge in [0.05, 0.1) is 24.0 Å². The van der Waals surface area contributed by atoms with Crippen LogP contribution in [0.4, 0.5) is 8.78 Å². The number of Topliss-reactive ketones (excluding diaryl/α,β-unsaturated/α-hetero) is 3. The van der Waals surface area contributed by atoms with Crippen molar-refractivity contribution in [3.8, 4) is 0 Å². The maximum absolute atomic E-state index is 14.2. The zero-order chi connectivity index (χ0) is 36.5. The number of carbonyl (C=O) groups is 5. The molecule has 9 nitrogen and oxygen atoms in total. The number of carbonyl (C=O) groups excluding carboxylic acids is 5. The molecule has 7 unspecified atom stereocenters. The van der Waals surface area contributed by atoms with Gasteiger partial charge in [-0.1, -0.05) is 6.92 Å². The summed E-state index contributed by atoms with van der Waals surface area (Å²) in [5, 5.41) is 0. The molecule has 10 saturated carbocycles. The minimum atomic E-state index is -3.58. The van der Waals surface area contributed by atoms with Crippen LogP contribution in [-0.2, 0) is 42.9 Å². The average Bonchev–Trinajstić information content (AvgIpc) is 3.09. The summed E-state index contributed by atoms with van der Waals surface area (Å²) < 4.78 is 53.3. The Bertz CT molecular complexity index is 1450. The molecule has 11 aliphatic rings. The van der Waals surface area contributed by atoms with Gasteiger partial charge in [-0.05, 0) is 115 Å². The van der Waals surface area contributed by atoms with Crippen molar-refractivity contribution in [2.45, 2.75) is 140 Å². The molecule has 7 atom stereocenters. The highest BCUT2D eigenvalue weighted by molar-refractivity contribution is 5.92. The molecular weight excluding hydrogens is 674 g/mol.